The number of carboxylic acid groups (broad SMARTS) is 1. The maximum Gasteiger partial charge on any atom is 0.308 e. The predicted molar refractivity (Wildman–Crippen MR) is 56.8 cm³/mol. The molecule has 1 rings (SSSR count). The Balaban J connectivity index is 2.35. The predicted octanol–water partition coefficient (Wildman–Crippen LogP) is -0.715. The lowest BCUT2D eigenvalue weighted by molar-refractivity contribution is -0.146. The Morgan fingerprint density at radius 2 is 2.25 bits per heavy atom. The Hall–Kier alpha value is -1.14. The van der Waals surface area contributed by atoms with E-state index in [0.717, 1.165) is 6.42 Å². The van der Waals surface area contributed by atoms with E-state index >= 15 is 0 Å². The number of ether oxygens (including phenoxy) is 1. The molecule has 1 aliphatic heterocycles. The molecule has 3 N–H and O–H groups in total. The van der Waals surface area contributed by atoms with Gasteiger partial charge in [-0.1, -0.05) is 0 Å². The van der Waals surface area contributed by atoms with Crippen molar-refractivity contribution < 1.29 is 19.4 Å². The Labute approximate surface area is 94.3 Å². The summed E-state index contributed by atoms with van der Waals surface area (Å²) in [5.74, 6) is -1.42. The van der Waals surface area contributed by atoms with Crippen LogP contribution in [0.1, 0.15) is 12.8 Å². The van der Waals surface area contributed by atoms with E-state index in [0.29, 0.717) is 32.7 Å². The molecule has 16 heavy (non-hydrogen) atoms. The number of piperidine rings is 1. The lowest BCUT2D eigenvalue weighted by Crippen LogP contribution is -2.44. The second kappa shape index (κ2) is 6.44. The van der Waals surface area contributed by atoms with E-state index < -0.39 is 11.9 Å². The smallest absolute Gasteiger partial charge is 0.308 e. The van der Waals surface area contributed by atoms with Crippen molar-refractivity contribution in [3.63, 3.8) is 0 Å². The van der Waals surface area contributed by atoms with Crippen LogP contribution < -0.4 is 5.73 Å². The fourth-order valence-corrected chi connectivity index (χ4v) is 1.74. The summed E-state index contributed by atoms with van der Waals surface area (Å²) < 4.78 is 5.03. The van der Waals surface area contributed by atoms with E-state index in [-0.39, 0.29) is 12.5 Å². The highest BCUT2D eigenvalue weighted by molar-refractivity contribution is 5.79. The first-order chi connectivity index (χ1) is 7.65. The summed E-state index contributed by atoms with van der Waals surface area (Å²) in [6.07, 6.45) is 1.38. The van der Waals surface area contributed by atoms with Crippen molar-refractivity contribution in [3.05, 3.63) is 0 Å². The van der Waals surface area contributed by atoms with Gasteiger partial charge in [-0.15, -0.1) is 0 Å². The van der Waals surface area contributed by atoms with Crippen LogP contribution in [0, 0.1) is 5.92 Å². The van der Waals surface area contributed by atoms with Gasteiger partial charge in [0.05, 0.1) is 12.5 Å². The standard InChI is InChI=1S/C10H18N2O4/c11-3-5-16-7-9(13)12-4-1-2-8(6-12)10(14)15/h8H,1-7,11H2,(H,14,15)/t8-/m0/s1. The van der Waals surface area contributed by atoms with Gasteiger partial charge in [0.15, 0.2) is 0 Å². The summed E-state index contributed by atoms with van der Waals surface area (Å²) in [4.78, 5) is 24.0. The third-order valence-corrected chi connectivity index (χ3v) is 2.61. The maximum absolute atomic E-state index is 11.6. The normalized spacial score (nSPS) is 20.8. The molecule has 0 spiro atoms. The van der Waals surface area contributed by atoms with E-state index in [1.807, 2.05) is 0 Å². The van der Waals surface area contributed by atoms with Gasteiger partial charge in [0.1, 0.15) is 6.61 Å². The molecule has 1 aliphatic rings. The van der Waals surface area contributed by atoms with Crippen molar-refractivity contribution in [2.75, 3.05) is 32.8 Å². The SMILES string of the molecule is NCCOCC(=O)N1CCC[C@H](C(=O)O)C1. The fourth-order valence-electron chi connectivity index (χ4n) is 1.74. The van der Waals surface area contributed by atoms with Crippen LogP contribution in [-0.2, 0) is 14.3 Å². The zero-order valence-corrected chi connectivity index (χ0v) is 9.22. The van der Waals surface area contributed by atoms with E-state index in [9.17, 15) is 9.59 Å². The summed E-state index contributed by atoms with van der Waals surface area (Å²) >= 11 is 0. The van der Waals surface area contributed by atoms with Crippen molar-refractivity contribution >= 4 is 11.9 Å². The number of nitrogens with zero attached hydrogens (tertiary/aromatic N) is 1. The van der Waals surface area contributed by atoms with Gasteiger partial charge in [-0.3, -0.25) is 9.59 Å². The van der Waals surface area contributed by atoms with Gasteiger partial charge in [-0.2, -0.15) is 0 Å². The quantitative estimate of drug-likeness (QED) is 0.608. The summed E-state index contributed by atoms with van der Waals surface area (Å²) in [6, 6.07) is 0. The average molecular weight is 230 g/mol. The molecule has 0 unspecified atom stereocenters. The Bertz CT molecular complexity index is 257. The molecule has 1 amide bonds. The lowest BCUT2D eigenvalue weighted by Gasteiger charge is -2.30. The molecule has 0 aromatic carbocycles. The van der Waals surface area contributed by atoms with Gasteiger partial charge in [0.2, 0.25) is 5.91 Å². The summed E-state index contributed by atoms with van der Waals surface area (Å²) in [5.41, 5.74) is 5.23. The minimum Gasteiger partial charge on any atom is -0.481 e. The number of amides is 1. The molecular formula is C10H18N2O4. The lowest BCUT2D eigenvalue weighted by atomic mass is 9.98. The molecule has 6 nitrogen and oxygen atoms in total. The van der Waals surface area contributed by atoms with Crippen molar-refractivity contribution in [2.24, 2.45) is 11.7 Å². The Morgan fingerprint density at radius 3 is 2.88 bits per heavy atom. The third kappa shape index (κ3) is 3.79. The van der Waals surface area contributed by atoms with Crippen LogP contribution in [0.5, 0.6) is 0 Å². The first-order valence-corrected chi connectivity index (χ1v) is 5.43. The first kappa shape index (κ1) is 12.9. The average Bonchev–Trinajstić information content (AvgIpc) is 2.29. The maximum atomic E-state index is 11.6. The van der Waals surface area contributed by atoms with Gasteiger partial charge in [-0.25, -0.2) is 0 Å². The largest absolute Gasteiger partial charge is 0.481 e. The monoisotopic (exact) mass is 230 g/mol. The number of carbonyl (C=O) groups is 2. The van der Waals surface area contributed by atoms with Gasteiger partial charge in [-0.05, 0) is 12.8 Å². The molecule has 0 radical (unpaired) electrons. The molecular weight excluding hydrogens is 212 g/mol. The highest BCUT2D eigenvalue weighted by Gasteiger charge is 2.27. The highest BCUT2D eigenvalue weighted by Crippen LogP contribution is 2.16. The van der Waals surface area contributed by atoms with Crippen LogP contribution in [0.25, 0.3) is 0 Å². The summed E-state index contributed by atoms with van der Waals surface area (Å²) in [5, 5.41) is 8.87. The van der Waals surface area contributed by atoms with Crippen molar-refractivity contribution in [1.29, 1.82) is 0 Å². The second-order valence-corrected chi connectivity index (χ2v) is 3.86. The van der Waals surface area contributed by atoms with Crippen LogP contribution in [0.2, 0.25) is 0 Å². The molecule has 1 heterocycles. The summed E-state index contributed by atoms with van der Waals surface area (Å²) in [7, 11) is 0. The van der Waals surface area contributed by atoms with Crippen LogP contribution >= 0.6 is 0 Å². The molecule has 1 saturated heterocycles. The number of rotatable bonds is 5. The molecule has 0 bridgehead atoms. The highest BCUT2D eigenvalue weighted by atomic mass is 16.5. The third-order valence-electron chi connectivity index (χ3n) is 2.61. The molecule has 1 fully saturated rings. The molecule has 92 valence electrons. The van der Waals surface area contributed by atoms with Gasteiger partial charge in [0, 0.05) is 19.6 Å². The number of likely N-dealkylation sites (tertiary alicyclic amines) is 1. The van der Waals surface area contributed by atoms with Gasteiger partial charge in [0.25, 0.3) is 0 Å². The number of hydrogen-bond acceptors (Lipinski definition) is 4. The van der Waals surface area contributed by atoms with Crippen LogP contribution in [-0.4, -0.2) is 54.7 Å². The van der Waals surface area contributed by atoms with E-state index in [4.69, 9.17) is 15.6 Å². The summed E-state index contributed by atoms with van der Waals surface area (Å²) in [6.45, 7) is 1.63. The van der Waals surface area contributed by atoms with Gasteiger partial charge < -0.3 is 20.5 Å². The minimum atomic E-state index is -0.833. The van der Waals surface area contributed by atoms with E-state index in [1.165, 1.54) is 0 Å². The van der Waals surface area contributed by atoms with Crippen LogP contribution in [0.3, 0.4) is 0 Å². The van der Waals surface area contributed by atoms with E-state index in [2.05, 4.69) is 0 Å². The molecule has 1 atom stereocenters. The molecule has 0 aliphatic carbocycles. The first-order valence-electron chi connectivity index (χ1n) is 5.43. The number of carboxylic acids is 1. The van der Waals surface area contributed by atoms with Crippen molar-refractivity contribution in [2.45, 2.75) is 12.8 Å². The number of nitrogens with two attached hydrogens (primary N) is 1. The fraction of sp³-hybridized carbons (Fsp3) is 0.800. The zero-order chi connectivity index (χ0) is 12.0. The number of hydrogen-bond donors (Lipinski definition) is 2. The minimum absolute atomic E-state index is 0.0104. The Kier molecular flexibility index (Phi) is 5.21. The number of carbonyl (C=O) groups excluding carboxylic acids is 1. The van der Waals surface area contributed by atoms with Gasteiger partial charge >= 0.3 is 5.97 Å². The Morgan fingerprint density at radius 1 is 1.50 bits per heavy atom. The van der Waals surface area contributed by atoms with Crippen LogP contribution in [0.4, 0.5) is 0 Å². The second-order valence-electron chi connectivity index (χ2n) is 3.86. The molecule has 0 aromatic rings. The zero-order valence-electron chi connectivity index (χ0n) is 9.22. The molecule has 6 heteroatoms. The van der Waals surface area contributed by atoms with Crippen molar-refractivity contribution in [3.8, 4) is 0 Å². The van der Waals surface area contributed by atoms with E-state index in [1.54, 1.807) is 4.90 Å². The molecule has 0 saturated carbocycles. The van der Waals surface area contributed by atoms with Crippen molar-refractivity contribution in [1.82, 2.24) is 4.90 Å². The topological polar surface area (TPSA) is 92.9 Å². The van der Waals surface area contributed by atoms with Crippen LogP contribution in [0.15, 0.2) is 0 Å². The number of aliphatic carboxylic acids is 1. The molecule has 0 aromatic heterocycles.